The molecule has 1 fully saturated rings. The van der Waals surface area contributed by atoms with Crippen molar-refractivity contribution in [1.82, 2.24) is 24.9 Å². The lowest BCUT2D eigenvalue weighted by Crippen LogP contribution is -2.28. The number of aromatic amines is 1. The van der Waals surface area contributed by atoms with E-state index in [-0.39, 0.29) is 5.91 Å². The predicted octanol–water partition coefficient (Wildman–Crippen LogP) is 2.45. The van der Waals surface area contributed by atoms with Crippen LogP contribution in [0, 0.1) is 0 Å². The molecule has 134 valence electrons. The molecule has 0 saturated carbocycles. The number of methoxy groups -OCH3 is 1. The number of likely N-dealkylation sites (tertiary alicyclic amines) is 1. The van der Waals surface area contributed by atoms with E-state index in [0.29, 0.717) is 18.0 Å². The van der Waals surface area contributed by atoms with Crippen LogP contribution in [0.4, 0.5) is 0 Å². The van der Waals surface area contributed by atoms with Crippen molar-refractivity contribution < 1.29 is 9.53 Å². The molecule has 0 radical (unpaired) electrons. The van der Waals surface area contributed by atoms with Gasteiger partial charge in [-0.15, -0.1) is 0 Å². The highest BCUT2D eigenvalue weighted by molar-refractivity contribution is 6.00. The molecule has 1 aliphatic heterocycles. The van der Waals surface area contributed by atoms with E-state index in [1.807, 2.05) is 48.6 Å². The minimum atomic E-state index is 0.0101. The van der Waals surface area contributed by atoms with Gasteiger partial charge >= 0.3 is 0 Å². The highest BCUT2D eigenvalue weighted by Gasteiger charge is 2.30. The first kappa shape index (κ1) is 16.4. The standard InChI is InChI=1S/C19H21N5O2/c1-23-11-15(9-21-23)14-7-8-24(12-14)19(25)17-10-20-22-18(17)13-3-5-16(26-2)6-4-13/h3-6,9-11,14H,7-8,12H2,1-2H3,(H,20,22). The molecule has 0 spiro atoms. The summed E-state index contributed by atoms with van der Waals surface area (Å²) in [5.74, 6) is 1.12. The molecular formula is C19H21N5O2. The highest BCUT2D eigenvalue weighted by atomic mass is 16.5. The molecule has 7 heteroatoms. The quantitative estimate of drug-likeness (QED) is 0.783. The number of aryl methyl sites for hydroxylation is 1. The molecule has 1 saturated heterocycles. The molecule has 7 nitrogen and oxygen atoms in total. The number of hydrogen-bond acceptors (Lipinski definition) is 4. The second-order valence-corrected chi connectivity index (χ2v) is 6.57. The number of benzene rings is 1. The van der Waals surface area contributed by atoms with Crippen LogP contribution in [0.5, 0.6) is 5.75 Å². The van der Waals surface area contributed by atoms with Gasteiger partial charge in [-0.2, -0.15) is 10.2 Å². The van der Waals surface area contributed by atoms with E-state index in [1.54, 1.807) is 18.0 Å². The topological polar surface area (TPSA) is 76.0 Å². The number of aromatic nitrogens is 4. The highest BCUT2D eigenvalue weighted by Crippen LogP contribution is 2.30. The van der Waals surface area contributed by atoms with Gasteiger partial charge in [0.15, 0.2) is 0 Å². The van der Waals surface area contributed by atoms with Crippen LogP contribution in [0.15, 0.2) is 42.9 Å². The van der Waals surface area contributed by atoms with Crippen LogP contribution in [0.25, 0.3) is 11.3 Å². The van der Waals surface area contributed by atoms with Crippen molar-refractivity contribution in [3.63, 3.8) is 0 Å². The second kappa shape index (κ2) is 6.67. The summed E-state index contributed by atoms with van der Waals surface area (Å²) in [5, 5.41) is 11.3. The average Bonchev–Trinajstić information content (AvgIpc) is 3.41. The van der Waals surface area contributed by atoms with E-state index in [0.717, 1.165) is 30.0 Å². The van der Waals surface area contributed by atoms with Gasteiger partial charge in [0.25, 0.3) is 5.91 Å². The summed E-state index contributed by atoms with van der Waals surface area (Å²) in [4.78, 5) is 14.9. The van der Waals surface area contributed by atoms with E-state index in [2.05, 4.69) is 15.3 Å². The first-order valence-corrected chi connectivity index (χ1v) is 8.61. The summed E-state index contributed by atoms with van der Waals surface area (Å²) in [5.41, 5.74) is 3.43. The largest absolute Gasteiger partial charge is 0.497 e. The van der Waals surface area contributed by atoms with Gasteiger partial charge in [0.1, 0.15) is 5.75 Å². The molecular weight excluding hydrogens is 330 g/mol. The molecule has 3 heterocycles. The SMILES string of the molecule is COc1ccc(-c2[nH]ncc2C(=O)N2CCC(c3cnn(C)c3)C2)cc1. The Morgan fingerprint density at radius 2 is 2.08 bits per heavy atom. The third kappa shape index (κ3) is 2.96. The average molecular weight is 351 g/mol. The van der Waals surface area contributed by atoms with Gasteiger partial charge in [0, 0.05) is 37.8 Å². The van der Waals surface area contributed by atoms with E-state index >= 15 is 0 Å². The van der Waals surface area contributed by atoms with Crippen LogP contribution in [0.1, 0.15) is 28.3 Å². The van der Waals surface area contributed by atoms with Gasteiger partial charge in [-0.25, -0.2) is 0 Å². The van der Waals surface area contributed by atoms with Crippen molar-refractivity contribution in [2.75, 3.05) is 20.2 Å². The third-order valence-corrected chi connectivity index (χ3v) is 4.92. The Morgan fingerprint density at radius 1 is 1.27 bits per heavy atom. The first-order chi connectivity index (χ1) is 12.7. The van der Waals surface area contributed by atoms with Crippen molar-refractivity contribution in [3.05, 3.63) is 54.0 Å². The molecule has 1 aromatic carbocycles. The Morgan fingerprint density at radius 3 is 2.77 bits per heavy atom. The van der Waals surface area contributed by atoms with Gasteiger partial charge in [0.05, 0.1) is 30.8 Å². The fraction of sp³-hybridized carbons (Fsp3) is 0.316. The summed E-state index contributed by atoms with van der Waals surface area (Å²) in [6.45, 7) is 1.45. The van der Waals surface area contributed by atoms with Gasteiger partial charge in [0.2, 0.25) is 0 Å². The number of amides is 1. The first-order valence-electron chi connectivity index (χ1n) is 8.61. The normalized spacial score (nSPS) is 16.8. The van der Waals surface area contributed by atoms with Crippen LogP contribution in [0.3, 0.4) is 0 Å². The third-order valence-electron chi connectivity index (χ3n) is 4.92. The molecule has 1 amide bonds. The lowest BCUT2D eigenvalue weighted by atomic mass is 10.0. The van der Waals surface area contributed by atoms with Crippen LogP contribution < -0.4 is 4.74 Å². The van der Waals surface area contributed by atoms with Crippen LogP contribution >= 0.6 is 0 Å². The number of ether oxygens (including phenoxy) is 1. The molecule has 1 atom stereocenters. The Hall–Kier alpha value is -3.09. The van der Waals surface area contributed by atoms with Crippen molar-refractivity contribution in [3.8, 4) is 17.0 Å². The zero-order valence-electron chi connectivity index (χ0n) is 14.8. The van der Waals surface area contributed by atoms with Crippen molar-refractivity contribution in [1.29, 1.82) is 0 Å². The fourth-order valence-electron chi connectivity index (χ4n) is 3.46. The van der Waals surface area contributed by atoms with Crippen LogP contribution in [-0.2, 0) is 7.05 Å². The van der Waals surface area contributed by atoms with E-state index in [1.165, 1.54) is 5.56 Å². The number of H-pyrrole nitrogens is 1. The maximum atomic E-state index is 13.0. The van der Waals surface area contributed by atoms with Crippen molar-refractivity contribution in [2.45, 2.75) is 12.3 Å². The summed E-state index contributed by atoms with van der Waals surface area (Å²) in [6, 6.07) is 7.59. The van der Waals surface area contributed by atoms with E-state index in [4.69, 9.17) is 4.74 Å². The Balaban J connectivity index is 1.53. The lowest BCUT2D eigenvalue weighted by Gasteiger charge is -2.16. The minimum Gasteiger partial charge on any atom is -0.497 e. The lowest BCUT2D eigenvalue weighted by molar-refractivity contribution is 0.0791. The second-order valence-electron chi connectivity index (χ2n) is 6.57. The number of carbonyl (C=O) groups excluding carboxylic acids is 1. The van der Waals surface area contributed by atoms with Crippen LogP contribution in [0.2, 0.25) is 0 Å². The monoisotopic (exact) mass is 351 g/mol. The van der Waals surface area contributed by atoms with Gasteiger partial charge in [-0.05, 0) is 36.2 Å². The maximum Gasteiger partial charge on any atom is 0.257 e. The number of rotatable bonds is 4. The summed E-state index contributed by atoms with van der Waals surface area (Å²) < 4.78 is 7.00. The molecule has 3 aromatic rings. The molecule has 26 heavy (non-hydrogen) atoms. The van der Waals surface area contributed by atoms with E-state index in [9.17, 15) is 4.79 Å². The Bertz CT molecular complexity index is 912. The number of nitrogens with zero attached hydrogens (tertiary/aromatic N) is 4. The Labute approximate surface area is 151 Å². The molecule has 1 unspecified atom stereocenters. The Kier molecular flexibility index (Phi) is 4.20. The molecule has 2 aromatic heterocycles. The van der Waals surface area contributed by atoms with E-state index < -0.39 is 0 Å². The number of hydrogen-bond donors (Lipinski definition) is 1. The maximum absolute atomic E-state index is 13.0. The summed E-state index contributed by atoms with van der Waals surface area (Å²) in [6.07, 6.45) is 6.48. The molecule has 4 rings (SSSR count). The zero-order valence-corrected chi connectivity index (χ0v) is 14.8. The number of carbonyl (C=O) groups is 1. The molecule has 0 aliphatic carbocycles. The van der Waals surface area contributed by atoms with Crippen molar-refractivity contribution in [2.24, 2.45) is 7.05 Å². The molecule has 0 bridgehead atoms. The van der Waals surface area contributed by atoms with Gasteiger partial charge in [-0.1, -0.05) is 0 Å². The summed E-state index contributed by atoms with van der Waals surface area (Å²) >= 11 is 0. The smallest absolute Gasteiger partial charge is 0.257 e. The number of nitrogens with one attached hydrogen (secondary N) is 1. The zero-order chi connectivity index (χ0) is 18.1. The molecule has 1 N–H and O–H groups in total. The summed E-state index contributed by atoms with van der Waals surface area (Å²) in [7, 11) is 3.54. The minimum absolute atomic E-state index is 0.0101. The molecule has 1 aliphatic rings. The van der Waals surface area contributed by atoms with Gasteiger partial charge < -0.3 is 9.64 Å². The fourth-order valence-corrected chi connectivity index (χ4v) is 3.46. The van der Waals surface area contributed by atoms with Crippen LogP contribution in [-0.4, -0.2) is 51.0 Å². The predicted molar refractivity (Wildman–Crippen MR) is 97.0 cm³/mol. The van der Waals surface area contributed by atoms with Gasteiger partial charge in [-0.3, -0.25) is 14.6 Å². The van der Waals surface area contributed by atoms with Crippen molar-refractivity contribution >= 4 is 5.91 Å².